The van der Waals surface area contributed by atoms with Gasteiger partial charge in [0.15, 0.2) is 0 Å². The van der Waals surface area contributed by atoms with Gasteiger partial charge in [-0.25, -0.2) is 4.98 Å². The van der Waals surface area contributed by atoms with Crippen molar-refractivity contribution in [1.82, 2.24) is 20.1 Å². The predicted molar refractivity (Wildman–Crippen MR) is 105 cm³/mol. The van der Waals surface area contributed by atoms with Gasteiger partial charge < -0.3 is 19.9 Å². The first-order valence-corrected chi connectivity index (χ1v) is 10.1. The van der Waals surface area contributed by atoms with Crippen molar-refractivity contribution in [2.45, 2.75) is 25.4 Å². The van der Waals surface area contributed by atoms with Gasteiger partial charge in [-0.1, -0.05) is 6.92 Å². The lowest BCUT2D eigenvalue weighted by molar-refractivity contribution is -0.137. The molecule has 0 aromatic carbocycles. The van der Waals surface area contributed by atoms with E-state index in [0.717, 1.165) is 32.8 Å². The van der Waals surface area contributed by atoms with E-state index in [1.807, 2.05) is 18.9 Å². The molecular formula is C20H29N5O3. The van der Waals surface area contributed by atoms with Crippen LogP contribution < -0.4 is 10.2 Å². The molecule has 1 atom stereocenters. The van der Waals surface area contributed by atoms with Crippen molar-refractivity contribution in [3.05, 3.63) is 23.9 Å². The SMILES string of the molecule is C[C@@H](CN1CCOCC1)C(=O)N1CCC2(CC1)NC(=O)c1cccnc1N2C. The quantitative estimate of drug-likeness (QED) is 0.816. The highest BCUT2D eigenvalue weighted by atomic mass is 16.5. The molecule has 0 unspecified atom stereocenters. The van der Waals surface area contributed by atoms with Crippen LogP contribution in [-0.2, 0) is 9.53 Å². The monoisotopic (exact) mass is 387 g/mol. The van der Waals surface area contributed by atoms with Crippen LogP contribution in [-0.4, -0.2) is 85.2 Å². The molecule has 152 valence electrons. The van der Waals surface area contributed by atoms with E-state index in [4.69, 9.17) is 4.74 Å². The summed E-state index contributed by atoms with van der Waals surface area (Å²) in [5, 5.41) is 3.18. The number of aromatic nitrogens is 1. The lowest BCUT2D eigenvalue weighted by Gasteiger charge is -2.50. The smallest absolute Gasteiger partial charge is 0.256 e. The van der Waals surface area contributed by atoms with Gasteiger partial charge in [0.05, 0.1) is 18.8 Å². The highest BCUT2D eigenvalue weighted by molar-refractivity contribution is 6.01. The third-order valence-electron chi connectivity index (χ3n) is 6.30. The molecule has 1 aromatic rings. The van der Waals surface area contributed by atoms with Gasteiger partial charge in [-0.15, -0.1) is 0 Å². The maximum Gasteiger partial charge on any atom is 0.256 e. The standard InChI is InChI=1S/C20H29N5O3/c1-15(14-24-10-12-28-13-11-24)19(27)25-8-5-20(6-9-25)22-18(26)16-4-3-7-21-17(16)23(20)2/h3-4,7,15H,5-6,8-14H2,1-2H3,(H,22,26)/t15-/m0/s1. The van der Waals surface area contributed by atoms with Crippen molar-refractivity contribution >= 4 is 17.6 Å². The molecule has 3 aliphatic rings. The normalized spacial score (nSPS) is 23.3. The average Bonchev–Trinajstić information content (AvgIpc) is 2.73. The lowest BCUT2D eigenvalue weighted by atomic mass is 9.91. The second-order valence-electron chi connectivity index (χ2n) is 8.06. The number of likely N-dealkylation sites (tertiary alicyclic amines) is 1. The Balaban J connectivity index is 1.39. The van der Waals surface area contributed by atoms with Gasteiger partial charge in [0.25, 0.3) is 5.91 Å². The Labute approximate surface area is 165 Å². The lowest BCUT2D eigenvalue weighted by Crippen LogP contribution is -2.67. The Bertz CT molecular complexity index is 741. The van der Waals surface area contributed by atoms with Crippen LogP contribution in [0.5, 0.6) is 0 Å². The van der Waals surface area contributed by atoms with Crippen LogP contribution in [0.1, 0.15) is 30.1 Å². The fourth-order valence-electron chi connectivity index (χ4n) is 4.52. The number of fused-ring (bicyclic) bond motifs is 1. The van der Waals surface area contributed by atoms with Gasteiger partial charge in [0.2, 0.25) is 5.91 Å². The number of hydrogen-bond donors (Lipinski definition) is 1. The van der Waals surface area contributed by atoms with Crippen LogP contribution in [0.4, 0.5) is 5.82 Å². The molecule has 2 amide bonds. The third kappa shape index (κ3) is 3.46. The zero-order chi connectivity index (χ0) is 19.7. The highest BCUT2D eigenvalue weighted by Crippen LogP contribution is 2.35. The Hall–Kier alpha value is -2.19. The number of amides is 2. The summed E-state index contributed by atoms with van der Waals surface area (Å²) in [7, 11) is 1.98. The van der Waals surface area contributed by atoms with E-state index in [0.29, 0.717) is 37.3 Å². The number of anilines is 1. The van der Waals surface area contributed by atoms with Crippen molar-refractivity contribution in [1.29, 1.82) is 0 Å². The van der Waals surface area contributed by atoms with Crippen LogP contribution in [0.25, 0.3) is 0 Å². The van der Waals surface area contributed by atoms with E-state index in [9.17, 15) is 9.59 Å². The van der Waals surface area contributed by atoms with Crippen LogP contribution in [0.3, 0.4) is 0 Å². The van der Waals surface area contributed by atoms with Gasteiger partial charge in [-0.3, -0.25) is 14.5 Å². The molecule has 1 spiro atoms. The summed E-state index contributed by atoms with van der Waals surface area (Å²) in [6.45, 7) is 7.34. The topological polar surface area (TPSA) is 78.0 Å². The first-order valence-electron chi connectivity index (χ1n) is 10.1. The summed E-state index contributed by atoms with van der Waals surface area (Å²) in [4.78, 5) is 36.3. The van der Waals surface area contributed by atoms with E-state index in [-0.39, 0.29) is 17.7 Å². The van der Waals surface area contributed by atoms with Crippen molar-refractivity contribution in [2.75, 3.05) is 57.9 Å². The van der Waals surface area contributed by atoms with Crippen LogP contribution >= 0.6 is 0 Å². The van der Waals surface area contributed by atoms with Crippen molar-refractivity contribution < 1.29 is 14.3 Å². The maximum atomic E-state index is 12.9. The number of nitrogens with one attached hydrogen (secondary N) is 1. The summed E-state index contributed by atoms with van der Waals surface area (Å²) >= 11 is 0. The largest absolute Gasteiger partial charge is 0.379 e. The van der Waals surface area contributed by atoms with E-state index in [1.165, 1.54) is 0 Å². The molecule has 2 saturated heterocycles. The van der Waals surface area contributed by atoms with Crippen molar-refractivity contribution in [2.24, 2.45) is 5.92 Å². The highest BCUT2D eigenvalue weighted by Gasteiger charge is 2.45. The molecule has 0 aliphatic carbocycles. The molecule has 8 nitrogen and oxygen atoms in total. The summed E-state index contributed by atoms with van der Waals surface area (Å²) in [5.41, 5.74) is 0.135. The van der Waals surface area contributed by atoms with E-state index in [2.05, 4.69) is 20.1 Å². The fourth-order valence-corrected chi connectivity index (χ4v) is 4.52. The first-order chi connectivity index (χ1) is 13.5. The van der Waals surface area contributed by atoms with Gasteiger partial charge in [0, 0.05) is 64.7 Å². The molecular weight excluding hydrogens is 358 g/mol. The second-order valence-corrected chi connectivity index (χ2v) is 8.06. The molecule has 0 bridgehead atoms. The third-order valence-corrected chi connectivity index (χ3v) is 6.30. The molecule has 0 radical (unpaired) electrons. The zero-order valence-electron chi connectivity index (χ0n) is 16.7. The molecule has 4 heterocycles. The minimum absolute atomic E-state index is 0.0341. The van der Waals surface area contributed by atoms with Crippen LogP contribution in [0.15, 0.2) is 18.3 Å². The Morgan fingerprint density at radius 2 is 2.00 bits per heavy atom. The number of piperidine rings is 1. The summed E-state index contributed by atoms with van der Waals surface area (Å²) < 4.78 is 5.38. The number of hydrogen-bond acceptors (Lipinski definition) is 6. The van der Waals surface area contributed by atoms with Crippen LogP contribution in [0, 0.1) is 5.92 Å². The number of rotatable bonds is 3. The van der Waals surface area contributed by atoms with Gasteiger partial charge in [-0.2, -0.15) is 0 Å². The van der Waals surface area contributed by atoms with Crippen molar-refractivity contribution in [3.8, 4) is 0 Å². The maximum absolute atomic E-state index is 12.9. The Morgan fingerprint density at radius 1 is 1.29 bits per heavy atom. The van der Waals surface area contributed by atoms with E-state index < -0.39 is 5.66 Å². The fraction of sp³-hybridized carbons (Fsp3) is 0.650. The average molecular weight is 387 g/mol. The number of carbonyl (C=O) groups excluding carboxylic acids is 2. The molecule has 1 N–H and O–H groups in total. The van der Waals surface area contributed by atoms with Crippen molar-refractivity contribution in [3.63, 3.8) is 0 Å². The molecule has 4 rings (SSSR count). The van der Waals surface area contributed by atoms with Gasteiger partial charge in [-0.05, 0) is 12.1 Å². The van der Waals surface area contributed by atoms with Gasteiger partial charge in [0.1, 0.15) is 11.5 Å². The number of carbonyl (C=O) groups is 2. The molecule has 3 aliphatic heterocycles. The first kappa shape index (κ1) is 19.1. The number of morpholine rings is 1. The van der Waals surface area contributed by atoms with Gasteiger partial charge >= 0.3 is 0 Å². The van der Waals surface area contributed by atoms with E-state index in [1.54, 1.807) is 18.3 Å². The Kier molecular flexibility index (Phi) is 5.25. The molecule has 28 heavy (non-hydrogen) atoms. The van der Waals surface area contributed by atoms with Crippen LogP contribution in [0.2, 0.25) is 0 Å². The second kappa shape index (κ2) is 7.67. The summed E-state index contributed by atoms with van der Waals surface area (Å²) in [5.74, 6) is 0.797. The molecule has 8 heteroatoms. The summed E-state index contributed by atoms with van der Waals surface area (Å²) in [6, 6.07) is 3.58. The predicted octanol–water partition coefficient (Wildman–Crippen LogP) is 0.548. The molecule has 1 aromatic heterocycles. The molecule has 2 fully saturated rings. The number of ether oxygens (including phenoxy) is 1. The zero-order valence-corrected chi connectivity index (χ0v) is 16.7. The summed E-state index contributed by atoms with van der Waals surface area (Å²) in [6.07, 6.45) is 3.11. The minimum Gasteiger partial charge on any atom is -0.379 e. The van der Waals surface area contributed by atoms with E-state index >= 15 is 0 Å². The molecule has 0 saturated carbocycles. The minimum atomic E-state index is -0.470. The Morgan fingerprint density at radius 3 is 2.71 bits per heavy atom. The number of pyridine rings is 1. The number of nitrogens with zero attached hydrogens (tertiary/aromatic N) is 4.